The normalized spacial score (nSPS) is 15.8. The molecule has 2 amide bonds. The summed E-state index contributed by atoms with van der Waals surface area (Å²) in [6.45, 7) is 7.90. The van der Waals surface area contributed by atoms with Crippen LogP contribution >= 0.6 is 0 Å². The van der Waals surface area contributed by atoms with Crippen LogP contribution in [0, 0.1) is 6.92 Å². The van der Waals surface area contributed by atoms with Crippen molar-refractivity contribution in [1.82, 2.24) is 0 Å². The molecule has 2 N–H and O–H groups in total. The van der Waals surface area contributed by atoms with Crippen molar-refractivity contribution in [2.45, 2.75) is 6.92 Å². The maximum Gasteiger partial charge on any atom is 0.255 e. The van der Waals surface area contributed by atoms with Gasteiger partial charge < -0.3 is 29.9 Å². The van der Waals surface area contributed by atoms with E-state index in [4.69, 9.17) is 9.47 Å². The number of hydrogen-bond acceptors (Lipinski definition) is 6. The van der Waals surface area contributed by atoms with Gasteiger partial charge in [0.25, 0.3) is 11.8 Å². The van der Waals surface area contributed by atoms with Gasteiger partial charge >= 0.3 is 0 Å². The maximum absolute atomic E-state index is 13.1. The van der Waals surface area contributed by atoms with Crippen molar-refractivity contribution in [2.24, 2.45) is 0 Å². The lowest BCUT2D eigenvalue weighted by atomic mass is 10.1. The minimum atomic E-state index is -0.200. The number of morpholine rings is 2. The molecule has 8 heteroatoms. The number of benzene rings is 3. The number of anilines is 4. The SMILES string of the molecule is Cc1ccc(NC(=O)c2cccc(N3CCOCC3)c2)cc1NC(=O)c1cccc(N2CCOCC2)c1. The Morgan fingerprint density at radius 2 is 1.19 bits per heavy atom. The number of rotatable bonds is 6. The van der Waals surface area contributed by atoms with E-state index in [0.717, 1.165) is 43.1 Å². The second-order valence-electron chi connectivity index (χ2n) is 9.24. The van der Waals surface area contributed by atoms with Gasteiger partial charge in [-0.05, 0) is 61.0 Å². The molecule has 2 aliphatic heterocycles. The molecule has 0 aromatic heterocycles. The number of aryl methyl sites for hydroxylation is 1. The van der Waals surface area contributed by atoms with Crippen LogP contribution in [0.25, 0.3) is 0 Å². The minimum Gasteiger partial charge on any atom is -0.378 e. The lowest BCUT2D eigenvalue weighted by Gasteiger charge is -2.29. The summed E-state index contributed by atoms with van der Waals surface area (Å²) in [5, 5.41) is 5.98. The number of nitrogens with zero attached hydrogens (tertiary/aromatic N) is 2. The Kier molecular flexibility index (Phi) is 7.67. The molecule has 8 nitrogen and oxygen atoms in total. The standard InChI is InChI=1S/C29H32N4O4/c1-21-8-9-24(30-28(34)22-4-2-6-25(18-22)32-10-14-36-15-11-32)20-27(21)31-29(35)23-5-3-7-26(19-23)33-12-16-37-17-13-33/h2-9,18-20H,10-17H2,1H3,(H,30,34)(H,31,35). The molecule has 2 fully saturated rings. The third kappa shape index (κ3) is 6.10. The lowest BCUT2D eigenvalue weighted by Crippen LogP contribution is -2.36. The molecule has 37 heavy (non-hydrogen) atoms. The Bertz CT molecular complexity index is 1270. The third-order valence-electron chi connectivity index (χ3n) is 6.71. The van der Waals surface area contributed by atoms with Crippen LogP contribution in [-0.4, -0.2) is 64.4 Å². The zero-order valence-electron chi connectivity index (χ0n) is 21.0. The molecule has 0 unspecified atom stereocenters. The number of ether oxygens (including phenoxy) is 2. The van der Waals surface area contributed by atoms with Crippen LogP contribution in [0.1, 0.15) is 26.3 Å². The molecular weight excluding hydrogens is 468 g/mol. The molecule has 0 aliphatic carbocycles. The zero-order chi connectivity index (χ0) is 25.6. The molecule has 0 saturated carbocycles. The first-order valence-electron chi connectivity index (χ1n) is 12.7. The number of amides is 2. The smallest absolute Gasteiger partial charge is 0.255 e. The van der Waals surface area contributed by atoms with E-state index in [2.05, 4.69) is 20.4 Å². The quantitative estimate of drug-likeness (QED) is 0.529. The zero-order valence-corrected chi connectivity index (χ0v) is 21.0. The fourth-order valence-corrected chi connectivity index (χ4v) is 4.56. The van der Waals surface area contributed by atoms with Crippen molar-refractivity contribution in [2.75, 3.05) is 73.0 Å². The van der Waals surface area contributed by atoms with E-state index in [1.165, 1.54) is 0 Å². The summed E-state index contributed by atoms with van der Waals surface area (Å²) in [6, 6.07) is 20.8. The Balaban J connectivity index is 1.27. The predicted octanol–water partition coefficient (Wildman–Crippen LogP) is 4.17. The van der Waals surface area contributed by atoms with Crippen molar-refractivity contribution >= 4 is 34.6 Å². The second-order valence-corrected chi connectivity index (χ2v) is 9.24. The third-order valence-corrected chi connectivity index (χ3v) is 6.71. The Morgan fingerprint density at radius 3 is 1.73 bits per heavy atom. The first-order chi connectivity index (χ1) is 18.1. The molecule has 192 valence electrons. The number of hydrogen-bond donors (Lipinski definition) is 2. The molecular formula is C29H32N4O4. The summed E-state index contributed by atoms with van der Waals surface area (Å²) in [6.07, 6.45) is 0. The van der Waals surface area contributed by atoms with Crippen molar-refractivity contribution in [3.63, 3.8) is 0 Å². The van der Waals surface area contributed by atoms with Crippen molar-refractivity contribution < 1.29 is 19.1 Å². The van der Waals surface area contributed by atoms with Crippen LogP contribution < -0.4 is 20.4 Å². The summed E-state index contributed by atoms with van der Waals surface area (Å²) >= 11 is 0. The molecule has 0 radical (unpaired) electrons. The van der Waals surface area contributed by atoms with E-state index in [1.54, 1.807) is 12.1 Å². The van der Waals surface area contributed by atoms with Gasteiger partial charge in [0.15, 0.2) is 0 Å². The highest BCUT2D eigenvalue weighted by molar-refractivity contribution is 6.07. The number of nitrogens with one attached hydrogen (secondary N) is 2. The summed E-state index contributed by atoms with van der Waals surface area (Å²) in [5.41, 5.74) is 5.35. The van der Waals surface area contributed by atoms with Gasteiger partial charge in [0.1, 0.15) is 0 Å². The molecule has 3 aromatic rings. The minimum absolute atomic E-state index is 0.195. The Labute approximate surface area is 217 Å². The van der Waals surface area contributed by atoms with Gasteiger partial charge in [0, 0.05) is 60.1 Å². The Morgan fingerprint density at radius 1 is 0.676 bits per heavy atom. The molecule has 0 spiro atoms. The van der Waals surface area contributed by atoms with E-state index in [9.17, 15) is 9.59 Å². The van der Waals surface area contributed by atoms with E-state index < -0.39 is 0 Å². The highest BCUT2D eigenvalue weighted by atomic mass is 16.5. The summed E-state index contributed by atoms with van der Waals surface area (Å²) < 4.78 is 10.9. The van der Waals surface area contributed by atoms with Gasteiger partial charge in [-0.15, -0.1) is 0 Å². The highest BCUT2D eigenvalue weighted by Crippen LogP contribution is 2.24. The van der Waals surface area contributed by atoms with Crippen LogP contribution in [0.4, 0.5) is 22.7 Å². The van der Waals surface area contributed by atoms with Crippen LogP contribution in [0.5, 0.6) is 0 Å². The first kappa shape index (κ1) is 24.8. The fourth-order valence-electron chi connectivity index (χ4n) is 4.56. The monoisotopic (exact) mass is 500 g/mol. The van der Waals surface area contributed by atoms with Crippen LogP contribution in [0.15, 0.2) is 66.7 Å². The van der Waals surface area contributed by atoms with E-state index in [1.807, 2.05) is 61.5 Å². The van der Waals surface area contributed by atoms with Gasteiger partial charge in [-0.2, -0.15) is 0 Å². The number of carbonyl (C=O) groups excluding carboxylic acids is 2. The van der Waals surface area contributed by atoms with Gasteiger partial charge in [-0.1, -0.05) is 18.2 Å². The van der Waals surface area contributed by atoms with Gasteiger partial charge in [0.2, 0.25) is 0 Å². The average Bonchev–Trinajstić information content (AvgIpc) is 2.96. The summed E-state index contributed by atoms with van der Waals surface area (Å²) in [4.78, 5) is 30.5. The molecule has 0 bridgehead atoms. The average molecular weight is 501 g/mol. The molecule has 5 rings (SSSR count). The predicted molar refractivity (Wildman–Crippen MR) is 146 cm³/mol. The van der Waals surface area contributed by atoms with Crippen LogP contribution in [-0.2, 0) is 9.47 Å². The highest BCUT2D eigenvalue weighted by Gasteiger charge is 2.16. The summed E-state index contributed by atoms with van der Waals surface area (Å²) in [7, 11) is 0. The van der Waals surface area contributed by atoms with Crippen LogP contribution in [0.2, 0.25) is 0 Å². The number of carbonyl (C=O) groups is 2. The van der Waals surface area contributed by atoms with Crippen molar-refractivity contribution in [3.05, 3.63) is 83.4 Å². The Hall–Kier alpha value is -3.88. The van der Waals surface area contributed by atoms with E-state index >= 15 is 0 Å². The van der Waals surface area contributed by atoms with Gasteiger partial charge in [-0.25, -0.2) is 0 Å². The largest absolute Gasteiger partial charge is 0.378 e. The first-order valence-corrected chi connectivity index (χ1v) is 12.7. The molecule has 3 aromatic carbocycles. The molecule has 0 atom stereocenters. The van der Waals surface area contributed by atoms with E-state index in [0.29, 0.717) is 48.9 Å². The molecule has 2 heterocycles. The van der Waals surface area contributed by atoms with Crippen LogP contribution in [0.3, 0.4) is 0 Å². The van der Waals surface area contributed by atoms with Gasteiger partial charge in [-0.3, -0.25) is 9.59 Å². The molecule has 2 saturated heterocycles. The van der Waals surface area contributed by atoms with E-state index in [-0.39, 0.29) is 11.8 Å². The maximum atomic E-state index is 13.1. The van der Waals surface area contributed by atoms with Crippen molar-refractivity contribution in [3.8, 4) is 0 Å². The van der Waals surface area contributed by atoms with Gasteiger partial charge in [0.05, 0.1) is 26.4 Å². The molecule has 2 aliphatic rings. The van der Waals surface area contributed by atoms with Crippen molar-refractivity contribution in [1.29, 1.82) is 0 Å². The second kappa shape index (κ2) is 11.5. The topological polar surface area (TPSA) is 83.1 Å². The summed E-state index contributed by atoms with van der Waals surface area (Å²) in [5.74, 6) is -0.394. The fraction of sp³-hybridized carbons (Fsp3) is 0.310. The lowest BCUT2D eigenvalue weighted by molar-refractivity contribution is 0.101.